The lowest BCUT2D eigenvalue weighted by Crippen LogP contribution is -2.04. The molecule has 1 N–H and O–H groups in total. The summed E-state index contributed by atoms with van der Waals surface area (Å²) >= 11 is 0. The lowest BCUT2D eigenvalue weighted by Gasteiger charge is -2.14. The molecule has 0 unspecified atom stereocenters. The van der Waals surface area contributed by atoms with Gasteiger partial charge in [0.25, 0.3) is 0 Å². The Balaban J connectivity index is 2.20. The van der Waals surface area contributed by atoms with E-state index in [9.17, 15) is 4.79 Å². The molecule has 106 valence electrons. The Morgan fingerprint density at radius 2 is 2.10 bits per heavy atom. The van der Waals surface area contributed by atoms with Crippen LogP contribution in [0.4, 0.5) is 0 Å². The highest BCUT2D eigenvalue weighted by atomic mass is 16.5. The van der Waals surface area contributed by atoms with E-state index in [-0.39, 0.29) is 12.2 Å². The monoisotopic (exact) mass is 274 g/mol. The molecule has 0 saturated carbocycles. The van der Waals surface area contributed by atoms with Crippen molar-refractivity contribution in [3.05, 3.63) is 53.0 Å². The average Bonchev–Trinajstić information content (AvgIpc) is 2.84. The molecule has 0 aliphatic heterocycles. The smallest absolute Gasteiger partial charge is 0.339 e. The number of hydrogen-bond donors (Lipinski definition) is 1. The summed E-state index contributed by atoms with van der Waals surface area (Å²) < 4.78 is 10.9. The molecule has 0 atom stereocenters. The predicted octanol–water partition coefficient (Wildman–Crippen LogP) is 3.99. The highest BCUT2D eigenvalue weighted by Crippen LogP contribution is 2.28. The molecular formula is C16H18O4. The van der Waals surface area contributed by atoms with E-state index in [4.69, 9.17) is 14.3 Å². The Bertz CT molecular complexity index is 611. The first-order valence-electron chi connectivity index (χ1n) is 6.52. The maximum atomic E-state index is 11.0. The number of aryl methyl sites for hydroxylation is 1. The van der Waals surface area contributed by atoms with Gasteiger partial charge in [-0.1, -0.05) is 26.0 Å². The largest absolute Gasteiger partial charge is 0.485 e. The molecule has 1 aromatic heterocycles. The molecule has 4 nitrogen and oxygen atoms in total. The van der Waals surface area contributed by atoms with Gasteiger partial charge in [-0.2, -0.15) is 0 Å². The van der Waals surface area contributed by atoms with Crippen molar-refractivity contribution in [2.24, 2.45) is 0 Å². The van der Waals surface area contributed by atoms with Crippen LogP contribution in [-0.2, 0) is 6.61 Å². The topological polar surface area (TPSA) is 59.7 Å². The number of ether oxygens (including phenoxy) is 1. The number of carbonyl (C=O) groups is 1. The Morgan fingerprint density at radius 3 is 2.75 bits per heavy atom. The zero-order chi connectivity index (χ0) is 14.7. The number of furan rings is 1. The predicted molar refractivity (Wildman–Crippen MR) is 75.3 cm³/mol. The second-order valence-electron chi connectivity index (χ2n) is 5.05. The van der Waals surface area contributed by atoms with Crippen LogP contribution >= 0.6 is 0 Å². The van der Waals surface area contributed by atoms with Gasteiger partial charge in [-0.15, -0.1) is 0 Å². The quantitative estimate of drug-likeness (QED) is 0.895. The lowest BCUT2D eigenvalue weighted by molar-refractivity contribution is 0.0692. The average molecular weight is 274 g/mol. The van der Waals surface area contributed by atoms with E-state index in [1.54, 1.807) is 0 Å². The molecule has 2 aromatic rings. The van der Waals surface area contributed by atoms with E-state index < -0.39 is 5.97 Å². The number of benzene rings is 1. The van der Waals surface area contributed by atoms with Crippen LogP contribution in [0.15, 0.2) is 34.9 Å². The van der Waals surface area contributed by atoms with Gasteiger partial charge in [0.1, 0.15) is 17.9 Å². The van der Waals surface area contributed by atoms with Crippen LogP contribution in [0.2, 0.25) is 0 Å². The van der Waals surface area contributed by atoms with Gasteiger partial charge in [0.2, 0.25) is 0 Å². The summed E-state index contributed by atoms with van der Waals surface area (Å²) in [5.74, 6) is 0.424. The number of aromatic carboxylic acids is 1. The fraction of sp³-hybridized carbons (Fsp3) is 0.312. The molecule has 0 spiro atoms. The fourth-order valence-electron chi connectivity index (χ4n) is 2.03. The summed E-state index contributed by atoms with van der Waals surface area (Å²) in [7, 11) is 0. The number of hydrogen-bond acceptors (Lipinski definition) is 3. The first kappa shape index (κ1) is 14.2. The fourth-order valence-corrected chi connectivity index (χ4v) is 2.03. The Kier molecular flexibility index (Phi) is 4.13. The molecule has 0 aliphatic carbocycles. The summed E-state index contributed by atoms with van der Waals surface area (Å²) in [6.45, 7) is 6.28. The standard InChI is InChI=1S/C16H18O4/c1-10(2)12-5-4-11(3)8-14(12)20-9-15-13(16(17)18)6-7-19-15/h4-8,10H,9H2,1-3H3,(H,17,18). The van der Waals surface area contributed by atoms with Crippen molar-refractivity contribution in [2.75, 3.05) is 0 Å². The second-order valence-corrected chi connectivity index (χ2v) is 5.05. The van der Waals surface area contributed by atoms with E-state index in [2.05, 4.69) is 13.8 Å². The molecule has 4 heteroatoms. The van der Waals surface area contributed by atoms with Crippen LogP contribution < -0.4 is 4.74 Å². The van der Waals surface area contributed by atoms with Gasteiger partial charge < -0.3 is 14.3 Å². The van der Waals surface area contributed by atoms with Gasteiger partial charge in [-0.3, -0.25) is 0 Å². The third-order valence-corrected chi connectivity index (χ3v) is 3.13. The minimum Gasteiger partial charge on any atom is -0.485 e. The van der Waals surface area contributed by atoms with Crippen molar-refractivity contribution < 1.29 is 19.1 Å². The lowest BCUT2D eigenvalue weighted by atomic mass is 10.0. The van der Waals surface area contributed by atoms with Crippen molar-refractivity contribution in [2.45, 2.75) is 33.3 Å². The number of carboxylic acid groups (broad SMARTS) is 1. The first-order valence-corrected chi connectivity index (χ1v) is 6.52. The second kappa shape index (κ2) is 5.82. The summed E-state index contributed by atoms with van der Waals surface area (Å²) in [4.78, 5) is 11.0. The van der Waals surface area contributed by atoms with Crippen LogP contribution in [0.3, 0.4) is 0 Å². The SMILES string of the molecule is Cc1ccc(C(C)C)c(OCc2occc2C(=O)O)c1. The summed E-state index contributed by atoms with van der Waals surface area (Å²) in [5.41, 5.74) is 2.34. The normalized spacial score (nSPS) is 10.8. The molecule has 0 aliphatic rings. The van der Waals surface area contributed by atoms with Gasteiger partial charge in [0.15, 0.2) is 5.76 Å². The van der Waals surface area contributed by atoms with Crippen molar-refractivity contribution in [3.8, 4) is 5.75 Å². The molecule has 2 rings (SSSR count). The van der Waals surface area contributed by atoms with Crippen molar-refractivity contribution >= 4 is 5.97 Å². The van der Waals surface area contributed by atoms with Crippen LogP contribution in [-0.4, -0.2) is 11.1 Å². The van der Waals surface area contributed by atoms with Crippen LogP contribution in [0.5, 0.6) is 5.75 Å². The van der Waals surface area contributed by atoms with E-state index in [0.29, 0.717) is 11.7 Å². The number of carboxylic acids is 1. The van der Waals surface area contributed by atoms with Gasteiger partial charge in [-0.25, -0.2) is 4.79 Å². The molecule has 1 heterocycles. The molecule has 0 bridgehead atoms. The summed E-state index contributed by atoms with van der Waals surface area (Å²) in [5, 5.41) is 9.02. The van der Waals surface area contributed by atoms with Crippen molar-refractivity contribution in [1.29, 1.82) is 0 Å². The van der Waals surface area contributed by atoms with Gasteiger partial charge in [0, 0.05) is 0 Å². The molecule has 1 aromatic carbocycles. The highest BCUT2D eigenvalue weighted by molar-refractivity contribution is 5.88. The Labute approximate surface area is 118 Å². The van der Waals surface area contributed by atoms with Gasteiger partial charge in [0.05, 0.1) is 6.26 Å². The van der Waals surface area contributed by atoms with Crippen molar-refractivity contribution in [3.63, 3.8) is 0 Å². The number of rotatable bonds is 5. The van der Waals surface area contributed by atoms with Crippen LogP contribution in [0, 0.1) is 6.92 Å². The zero-order valence-electron chi connectivity index (χ0n) is 11.8. The third-order valence-electron chi connectivity index (χ3n) is 3.13. The van der Waals surface area contributed by atoms with Crippen LogP contribution in [0.25, 0.3) is 0 Å². The zero-order valence-corrected chi connectivity index (χ0v) is 11.8. The Hall–Kier alpha value is -2.23. The third kappa shape index (κ3) is 3.02. The minimum absolute atomic E-state index is 0.109. The van der Waals surface area contributed by atoms with E-state index in [1.807, 2.05) is 25.1 Å². The highest BCUT2D eigenvalue weighted by Gasteiger charge is 2.15. The maximum absolute atomic E-state index is 11.0. The molecule has 0 radical (unpaired) electrons. The van der Waals surface area contributed by atoms with E-state index >= 15 is 0 Å². The molecule has 0 fully saturated rings. The molecule has 20 heavy (non-hydrogen) atoms. The molecule has 0 amide bonds. The molecule has 0 saturated heterocycles. The van der Waals surface area contributed by atoms with Gasteiger partial charge in [-0.05, 0) is 36.1 Å². The summed E-state index contributed by atoms with van der Waals surface area (Å²) in [6.07, 6.45) is 1.36. The minimum atomic E-state index is -1.01. The maximum Gasteiger partial charge on any atom is 0.339 e. The summed E-state index contributed by atoms with van der Waals surface area (Å²) in [6, 6.07) is 7.46. The van der Waals surface area contributed by atoms with Crippen molar-refractivity contribution in [1.82, 2.24) is 0 Å². The van der Waals surface area contributed by atoms with Crippen LogP contribution in [0.1, 0.15) is 47.0 Å². The van der Waals surface area contributed by atoms with E-state index in [1.165, 1.54) is 12.3 Å². The first-order chi connectivity index (χ1) is 9.49. The Morgan fingerprint density at radius 1 is 1.35 bits per heavy atom. The van der Waals surface area contributed by atoms with Gasteiger partial charge >= 0.3 is 5.97 Å². The molecular weight excluding hydrogens is 256 g/mol. The van der Waals surface area contributed by atoms with E-state index in [0.717, 1.165) is 16.9 Å².